The molecule has 2 atom stereocenters. The van der Waals surface area contributed by atoms with Crippen LogP contribution >= 0.6 is 0 Å². The van der Waals surface area contributed by atoms with Crippen LogP contribution in [0.15, 0.2) is 6.07 Å². The van der Waals surface area contributed by atoms with Crippen molar-refractivity contribution in [1.29, 1.82) is 0 Å². The summed E-state index contributed by atoms with van der Waals surface area (Å²) in [6, 6.07) is 2.17. The average Bonchev–Trinajstić information content (AvgIpc) is 2.89. The first kappa shape index (κ1) is 14.1. The predicted molar refractivity (Wildman–Crippen MR) is 74.6 cm³/mol. The predicted octanol–water partition coefficient (Wildman–Crippen LogP) is 2.41. The quantitative estimate of drug-likeness (QED) is 0.856. The molecule has 5 nitrogen and oxygen atoms in total. The van der Waals surface area contributed by atoms with Crippen molar-refractivity contribution < 1.29 is 9.47 Å². The van der Waals surface area contributed by atoms with Gasteiger partial charge in [0.2, 0.25) is 11.8 Å². The summed E-state index contributed by atoms with van der Waals surface area (Å²) in [5.74, 6) is 1.82. The zero-order valence-corrected chi connectivity index (χ0v) is 12.0. The third-order valence-corrected chi connectivity index (χ3v) is 3.31. The van der Waals surface area contributed by atoms with E-state index in [1.807, 2.05) is 13.0 Å². The minimum Gasteiger partial charge on any atom is -0.478 e. The van der Waals surface area contributed by atoms with Crippen LogP contribution in [0.4, 0.5) is 5.95 Å². The molecule has 5 heteroatoms. The first-order chi connectivity index (χ1) is 9.19. The lowest BCUT2D eigenvalue weighted by Gasteiger charge is -2.19. The zero-order valence-electron chi connectivity index (χ0n) is 12.0. The third-order valence-electron chi connectivity index (χ3n) is 3.31. The minimum atomic E-state index is 0.309. The molecule has 0 saturated carbocycles. The average molecular weight is 265 g/mol. The summed E-state index contributed by atoms with van der Waals surface area (Å²) in [6.45, 7) is 8.54. The fraction of sp³-hybridized carbons (Fsp3) is 0.714. The standard InChI is InChI=1S/C14H23N3O2/c1-4-6-19-13-8-10(2)15-14(17-13)16-11(3)12-5-7-18-9-12/h8,11-12H,4-7,9H2,1-3H3,(H,15,16,17). The second-order valence-electron chi connectivity index (χ2n) is 5.08. The molecule has 106 valence electrons. The van der Waals surface area contributed by atoms with Gasteiger partial charge in [0.1, 0.15) is 0 Å². The summed E-state index contributed by atoms with van der Waals surface area (Å²) in [4.78, 5) is 8.81. The summed E-state index contributed by atoms with van der Waals surface area (Å²) < 4.78 is 11.0. The SMILES string of the molecule is CCCOc1cc(C)nc(NC(C)C2CCOC2)n1. The first-order valence-corrected chi connectivity index (χ1v) is 7.01. The molecule has 1 aromatic heterocycles. The summed E-state index contributed by atoms with van der Waals surface area (Å²) in [6.07, 6.45) is 2.07. The highest BCUT2D eigenvalue weighted by Gasteiger charge is 2.22. The molecule has 0 aliphatic carbocycles. The second-order valence-corrected chi connectivity index (χ2v) is 5.08. The van der Waals surface area contributed by atoms with Gasteiger partial charge in [0.25, 0.3) is 0 Å². The van der Waals surface area contributed by atoms with Gasteiger partial charge < -0.3 is 14.8 Å². The van der Waals surface area contributed by atoms with E-state index in [4.69, 9.17) is 9.47 Å². The Bertz CT molecular complexity index is 406. The monoisotopic (exact) mass is 265 g/mol. The number of nitrogens with one attached hydrogen (secondary N) is 1. The fourth-order valence-electron chi connectivity index (χ4n) is 2.15. The molecule has 0 spiro atoms. The van der Waals surface area contributed by atoms with E-state index < -0.39 is 0 Å². The minimum absolute atomic E-state index is 0.309. The van der Waals surface area contributed by atoms with Gasteiger partial charge in [-0.15, -0.1) is 0 Å². The molecule has 1 N–H and O–H groups in total. The molecule has 2 rings (SSSR count). The lowest BCUT2D eigenvalue weighted by Crippen LogP contribution is -2.27. The molecular weight excluding hydrogens is 242 g/mol. The normalized spacial score (nSPS) is 20.3. The van der Waals surface area contributed by atoms with Crippen molar-refractivity contribution >= 4 is 5.95 Å². The molecule has 1 aliphatic heterocycles. The van der Waals surface area contributed by atoms with E-state index in [0.717, 1.165) is 31.7 Å². The van der Waals surface area contributed by atoms with Crippen molar-refractivity contribution in [3.63, 3.8) is 0 Å². The molecule has 19 heavy (non-hydrogen) atoms. The summed E-state index contributed by atoms with van der Waals surface area (Å²) in [5, 5.41) is 3.36. The summed E-state index contributed by atoms with van der Waals surface area (Å²) in [7, 11) is 0. The molecule has 1 saturated heterocycles. The highest BCUT2D eigenvalue weighted by Crippen LogP contribution is 2.20. The van der Waals surface area contributed by atoms with Crippen molar-refractivity contribution in [2.45, 2.75) is 39.7 Å². The Kier molecular flexibility index (Phi) is 4.96. The van der Waals surface area contributed by atoms with Gasteiger partial charge in [-0.2, -0.15) is 4.98 Å². The van der Waals surface area contributed by atoms with Gasteiger partial charge in [-0.1, -0.05) is 6.92 Å². The maximum atomic E-state index is 5.57. The van der Waals surface area contributed by atoms with E-state index >= 15 is 0 Å². The largest absolute Gasteiger partial charge is 0.478 e. The van der Waals surface area contributed by atoms with E-state index in [2.05, 4.69) is 29.1 Å². The van der Waals surface area contributed by atoms with Gasteiger partial charge in [-0.3, -0.25) is 0 Å². The van der Waals surface area contributed by atoms with Crippen molar-refractivity contribution in [2.75, 3.05) is 25.1 Å². The molecule has 1 aliphatic rings. The van der Waals surface area contributed by atoms with E-state index in [-0.39, 0.29) is 0 Å². The Balaban J connectivity index is 2.00. The molecule has 0 aromatic carbocycles. The van der Waals surface area contributed by atoms with Crippen molar-refractivity contribution in [3.8, 4) is 5.88 Å². The first-order valence-electron chi connectivity index (χ1n) is 7.01. The van der Waals surface area contributed by atoms with Crippen LogP contribution in [0.3, 0.4) is 0 Å². The van der Waals surface area contributed by atoms with Gasteiger partial charge in [-0.25, -0.2) is 4.98 Å². The van der Waals surface area contributed by atoms with Crippen LogP contribution in [-0.2, 0) is 4.74 Å². The Morgan fingerprint density at radius 1 is 1.53 bits per heavy atom. The molecule has 2 unspecified atom stereocenters. The Hall–Kier alpha value is -1.36. The number of aryl methyl sites for hydroxylation is 1. The van der Waals surface area contributed by atoms with Crippen LogP contribution in [0.2, 0.25) is 0 Å². The molecule has 1 fully saturated rings. The lowest BCUT2D eigenvalue weighted by molar-refractivity contribution is 0.183. The number of ether oxygens (including phenoxy) is 2. The maximum absolute atomic E-state index is 5.57. The van der Waals surface area contributed by atoms with Crippen LogP contribution in [-0.4, -0.2) is 35.8 Å². The van der Waals surface area contributed by atoms with Crippen LogP contribution in [0.5, 0.6) is 5.88 Å². The van der Waals surface area contributed by atoms with Crippen LogP contribution < -0.4 is 10.1 Å². The van der Waals surface area contributed by atoms with Crippen LogP contribution in [0, 0.1) is 12.8 Å². The van der Waals surface area contributed by atoms with Crippen molar-refractivity contribution in [3.05, 3.63) is 11.8 Å². The molecule has 0 radical (unpaired) electrons. The van der Waals surface area contributed by atoms with Crippen molar-refractivity contribution in [1.82, 2.24) is 9.97 Å². The second kappa shape index (κ2) is 6.70. The molecule has 1 aromatic rings. The number of anilines is 1. The summed E-state index contributed by atoms with van der Waals surface area (Å²) >= 11 is 0. The van der Waals surface area contributed by atoms with Crippen LogP contribution in [0.25, 0.3) is 0 Å². The Morgan fingerprint density at radius 2 is 2.37 bits per heavy atom. The number of hydrogen-bond acceptors (Lipinski definition) is 5. The van der Waals surface area contributed by atoms with Gasteiger partial charge in [0.05, 0.1) is 13.2 Å². The summed E-state index contributed by atoms with van der Waals surface area (Å²) in [5.41, 5.74) is 0.915. The van der Waals surface area contributed by atoms with E-state index in [1.165, 1.54) is 0 Å². The van der Waals surface area contributed by atoms with Gasteiger partial charge in [0, 0.05) is 30.3 Å². The third kappa shape index (κ3) is 4.06. The van der Waals surface area contributed by atoms with Gasteiger partial charge >= 0.3 is 0 Å². The maximum Gasteiger partial charge on any atom is 0.226 e. The topological polar surface area (TPSA) is 56.3 Å². The zero-order chi connectivity index (χ0) is 13.7. The molecule has 2 heterocycles. The number of nitrogens with zero attached hydrogens (tertiary/aromatic N) is 2. The van der Waals surface area contributed by atoms with Gasteiger partial charge in [-0.05, 0) is 26.7 Å². The molecule has 0 bridgehead atoms. The fourth-order valence-corrected chi connectivity index (χ4v) is 2.15. The molecular formula is C14H23N3O2. The highest BCUT2D eigenvalue weighted by molar-refractivity contribution is 5.31. The number of hydrogen-bond donors (Lipinski definition) is 1. The van der Waals surface area contributed by atoms with Gasteiger partial charge in [0.15, 0.2) is 0 Å². The van der Waals surface area contributed by atoms with E-state index in [0.29, 0.717) is 30.4 Å². The van der Waals surface area contributed by atoms with Crippen LogP contribution in [0.1, 0.15) is 32.4 Å². The smallest absolute Gasteiger partial charge is 0.226 e. The lowest BCUT2D eigenvalue weighted by atomic mass is 10.0. The number of aromatic nitrogens is 2. The van der Waals surface area contributed by atoms with E-state index in [9.17, 15) is 0 Å². The Morgan fingerprint density at radius 3 is 3.05 bits per heavy atom. The number of rotatable bonds is 6. The molecule has 0 amide bonds. The van der Waals surface area contributed by atoms with E-state index in [1.54, 1.807) is 0 Å². The van der Waals surface area contributed by atoms with Crippen molar-refractivity contribution in [2.24, 2.45) is 5.92 Å². The highest BCUT2D eigenvalue weighted by atomic mass is 16.5. The Labute approximate surface area is 114 Å².